The molecule has 66 heavy (non-hydrogen) atoms. The Bertz CT molecular complexity index is 1020. The van der Waals surface area contributed by atoms with Crippen LogP contribution in [0.2, 0.25) is 0 Å². The molecule has 0 radical (unpaired) electrons. The summed E-state index contributed by atoms with van der Waals surface area (Å²) in [5, 5.41) is 33.0. The van der Waals surface area contributed by atoms with Gasteiger partial charge in [-0.1, -0.05) is 110 Å². The molecule has 0 saturated carbocycles. The lowest BCUT2D eigenvalue weighted by molar-refractivity contribution is -0.134. The predicted molar refractivity (Wildman–Crippen MR) is 268 cm³/mol. The Morgan fingerprint density at radius 2 is 1.11 bits per heavy atom. The molecule has 0 bridgehead atoms. The molecule has 0 aliphatic heterocycles. The average Bonchev–Trinajstić information content (AvgIpc) is 3.31. The van der Waals surface area contributed by atoms with Crippen molar-refractivity contribution < 1.29 is 53.3 Å². The predicted octanol–water partition coefficient (Wildman–Crippen LogP) is 4.94. The number of hydrogen-bond donors (Lipinski definition) is 10. The second-order valence-corrected chi connectivity index (χ2v) is 15.3. The van der Waals surface area contributed by atoms with Crippen LogP contribution in [0.15, 0.2) is 0 Å². The average molecular weight is 968 g/mol. The van der Waals surface area contributed by atoms with Gasteiger partial charge >= 0.3 is 0 Å². The monoisotopic (exact) mass is 968 g/mol. The van der Waals surface area contributed by atoms with Crippen LogP contribution in [0.5, 0.6) is 0 Å². The standard InChI is InChI=1S/C20H40O.C13H28N4O4.C11H21N3O4.C2H4O2.CH4S/c1-2-3-4-5-6-7-8-9-10-11-12-13-14-15-16-17-18-19-20-21;1-14-6-7-15-8-9-21-11-13(19)16-5-3-2-4-12(10-18)17-20;15-7-4-12-5-8-18-9-6-14-11(17)2-1-3-13-10-16;1-2(3)4;1-2/h20H,2-19H2,1H3;10,12,14-15,17,20H,2-9,11H2,1H3,(H,16,19);7,10,12H,1-6,8-9H2,(H,13,16)(H,14,17);1H3,(H,3,4);2H,1H3. The van der Waals surface area contributed by atoms with Crippen molar-refractivity contribution in [3.05, 3.63) is 0 Å². The maximum atomic E-state index is 11.4. The molecule has 0 aromatic rings. The lowest BCUT2D eigenvalue weighted by atomic mass is 10.0. The summed E-state index contributed by atoms with van der Waals surface area (Å²) in [6.07, 6.45) is 32.4. The minimum Gasteiger partial charge on any atom is -0.481 e. The molecule has 0 heterocycles. The summed E-state index contributed by atoms with van der Waals surface area (Å²) in [5.74, 6) is -1.03. The SMILES string of the molecule is CC(=O)O.CCCCCCCCCCCCCCCCCCCC=O.CNCCNCCOCC(=O)NCCCCC(C=O)NO.CS.O=CCNCCOCCNC(=O)CCCNC=O. The van der Waals surface area contributed by atoms with Gasteiger partial charge in [0.2, 0.25) is 18.2 Å². The number of unbranched alkanes of at least 4 members (excludes halogenated alkanes) is 18. The van der Waals surface area contributed by atoms with Crippen molar-refractivity contribution in [2.75, 3.05) is 92.1 Å². The van der Waals surface area contributed by atoms with Crippen molar-refractivity contribution in [1.82, 2.24) is 37.4 Å². The molecule has 9 N–H and O–H groups in total. The van der Waals surface area contributed by atoms with Crippen molar-refractivity contribution in [2.45, 2.75) is 168 Å². The number of carboxylic acid groups (broad SMARTS) is 1. The number of ether oxygens (including phenoxy) is 2. The molecule has 3 amide bonds. The van der Waals surface area contributed by atoms with Crippen molar-refractivity contribution in [2.24, 2.45) is 0 Å². The highest BCUT2D eigenvalue weighted by Gasteiger charge is 2.05. The highest BCUT2D eigenvalue weighted by Crippen LogP contribution is 2.14. The Labute approximate surface area is 404 Å². The van der Waals surface area contributed by atoms with E-state index in [-0.39, 0.29) is 18.4 Å². The summed E-state index contributed by atoms with van der Waals surface area (Å²) in [5.41, 5.74) is 1.92. The molecule has 0 aliphatic rings. The maximum absolute atomic E-state index is 11.4. The van der Waals surface area contributed by atoms with Gasteiger partial charge in [0, 0.05) is 65.6 Å². The van der Waals surface area contributed by atoms with Crippen LogP contribution in [0.1, 0.15) is 162 Å². The number of hydrogen-bond acceptors (Lipinski definition) is 15. The Balaban J connectivity index is -0.000000266. The zero-order valence-corrected chi connectivity index (χ0v) is 42.5. The molecule has 0 rings (SSSR count). The number of thiol groups is 1. The van der Waals surface area contributed by atoms with Gasteiger partial charge < -0.3 is 66.1 Å². The van der Waals surface area contributed by atoms with Gasteiger partial charge in [-0.05, 0) is 45.4 Å². The van der Waals surface area contributed by atoms with Crippen molar-refractivity contribution in [1.29, 1.82) is 0 Å². The Morgan fingerprint density at radius 1 is 0.591 bits per heavy atom. The summed E-state index contributed by atoms with van der Waals surface area (Å²) in [4.78, 5) is 72.1. The molecule has 0 aromatic heterocycles. The number of hydroxylamine groups is 1. The number of rotatable bonds is 46. The van der Waals surface area contributed by atoms with Gasteiger partial charge in [0.25, 0.3) is 5.97 Å². The molecular formula is C47H97N7O11S. The molecule has 0 aliphatic carbocycles. The van der Waals surface area contributed by atoms with E-state index in [1.54, 1.807) is 6.26 Å². The Hall–Kier alpha value is -3.04. The molecule has 392 valence electrons. The molecule has 0 saturated heterocycles. The van der Waals surface area contributed by atoms with Crippen LogP contribution >= 0.6 is 12.6 Å². The highest BCUT2D eigenvalue weighted by atomic mass is 32.1. The third-order valence-corrected chi connectivity index (χ3v) is 9.26. The van der Waals surface area contributed by atoms with E-state index in [1.807, 2.05) is 12.5 Å². The molecule has 0 aromatic carbocycles. The molecule has 19 heteroatoms. The number of carboxylic acids is 1. The summed E-state index contributed by atoms with van der Waals surface area (Å²) in [6.45, 7) is 9.83. The zero-order chi connectivity index (χ0) is 50.3. The molecule has 0 spiro atoms. The number of carbonyl (C=O) groups excluding carboxylic acids is 6. The minimum atomic E-state index is -0.833. The maximum Gasteiger partial charge on any atom is 0.300 e. The molecular weight excluding hydrogens is 871 g/mol. The van der Waals surface area contributed by atoms with Crippen LogP contribution in [-0.4, -0.2) is 151 Å². The van der Waals surface area contributed by atoms with Crippen molar-refractivity contribution in [3.63, 3.8) is 0 Å². The normalized spacial score (nSPS) is 10.5. The fraction of sp³-hybridized carbons (Fsp3) is 0.851. The van der Waals surface area contributed by atoms with Gasteiger partial charge in [-0.3, -0.25) is 19.2 Å². The van der Waals surface area contributed by atoms with Crippen molar-refractivity contribution in [3.8, 4) is 0 Å². The number of likely N-dealkylation sites (N-methyl/N-ethyl adjacent to an activating group) is 1. The van der Waals surface area contributed by atoms with E-state index < -0.39 is 12.0 Å². The van der Waals surface area contributed by atoms with Crippen LogP contribution in [0.25, 0.3) is 0 Å². The van der Waals surface area contributed by atoms with Crippen molar-refractivity contribution >= 4 is 55.7 Å². The van der Waals surface area contributed by atoms with Gasteiger partial charge in [-0.15, -0.1) is 0 Å². The minimum absolute atomic E-state index is 0.0506. The fourth-order valence-electron chi connectivity index (χ4n) is 5.70. The van der Waals surface area contributed by atoms with E-state index in [0.717, 1.165) is 64.8 Å². The fourth-order valence-corrected chi connectivity index (χ4v) is 5.70. The summed E-state index contributed by atoms with van der Waals surface area (Å²) in [7, 11) is 1.89. The van der Waals surface area contributed by atoms with E-state index in [1.165, 1.54) is 103 Å². The van der Waals surface area contributed by atoms with Gasteiger partial charge in [-0.25, -0.2) is 0 Å². The molecule has 18 nitrogen and oxygen atoms in total. The molecule has 0 fully saturated rings. The van der Waals surface area contributed by atoms with Crippen LogP contribution in [0.4, 0.5) is 0 Å². The van der Waals surface area contributed by atoms with Gasteiger partial charge in [0.1, 0.15) is 25.5 Å². The number of nitrogens with one attached hydrogen (secondary N) is 7. The quantitative estimate of drug-likeness (QED) is 0.0168. The van der Waals surface area contributed by atoms with Crippen LogP contribution in [-0.2, 0) is 43.0 Å². The second kappa shape index (κ2) is 71.0. The van der Waals surface area contributed by atoms with E-state index >= 15 is 0 Å². The highest BCUT2D eigenvalue weighted by molar-refractivity contribution is 7.79. The number of aldehydes is 3. The van der Waals surface area contributed by atoms with Gasteiger partial charge in [-0.2, -0.15) is 18.1 Å². The van der Waals surface area contributed by atoms with E-state index in [2.05, 4.69) is 51.5 Å². The summed E-state index contributed by atoms with van der Waals surface area (Å²) in [6, 6.07) is -0.528. The first-order chi connectivity index (χ1) is 32.2. The third kappa shape index (κ3) is 81.2. The molecule has 1 atom stereocenters. The first-order valence-corrected chi connectivity index (χ1v) is 25.4. The second-order valence-electron chi connectivity index (χ2n) is 15.3. The van der Waals surface area contributed by atoms with E-state index in [0.29, 0.717) is 84.5 Å². The van der Waals surface area contributed by atoms with E-state index in [9.17, 15) is 28.8 Å². The number of carbonyl (C=O) groups is 7. The number of amides is 3. The Kier molecular flexibility index (Phi) is 77.4. The largest absolute Gasteiger partial charge is 0.481 e. The first kappa shape index (κ1) is 71.9. The summed E-state index contributed by atoms with van der Waals surface area (Å²) < 4.78 is 10.4. The lowest BCUT2D eigenvalue weighted by Gasteiger charge is -2.09. The van der Waals surface area contributed by atoms with Gasteiger partial charge in [0.15, 0.2) is 0 Å². The van der Waals surface area contributed by atoms with E-state index in [4.69, 9.17) is 24.6 Å². The number of aliphatic carboxylic acids is 1. The van der Waals surface area contributed by atoms with Crippen LogP contribution in [0.3, 0.4) is 0 Å². The topological polar surface area (TPSA) is 263 Å². The summed E-state index contributed by atoms with van der Waals surface area (Å²) >= 11 is 3.53. The Morgan fingerprint density at radius 3 is 1.61 bits per heavy atom. The van der Waals surface area contributed by atoms with Gasteiger partial charge in [0.05, 0.1) is 32.4 Å². The first-order valence-electron chi connectivity index (χ1n) is 24.5. The molecule has 1 unspecified atom stereocenters. The van der Waals surface area contributed by atoms with Crippen LogP contribution < -0.4 is 37.4 Å². The lowest BCUT2D eigenvalue weighted by Crippen LogP contribution is -2.31. The smallest absolute Gasteiger partial charge is 0.300 e. The third-order valence-electron chi connectivity index (χ3n) is 9.26. The van der Waals surface area contributed by atoms with Crippen LogP contribution in [0, 0.1) is 0 Å². The zero-order valence-electron chi connectivity index (χ0n) is 41.7.